The fraction of sp³-hybridized carbons (Fsp3) is 0.214. The van der Waals surface area contributed by atoms with Gasteiger partial charge in [0.25, 0.3) is 5.91 Å². The molecule has 0 bridgehead atoms. The van der Waals surface area contributed by atoms with Gasteiger partial charge in [-0.2, -0.15) is 0 Å². The Kier molecular flexibility index (Phi) is 7.40. The zero-order chi connectivity index (χ0) is 23.9. The summed E-state index contributed by atoms with van der Waals surface area (Å²) in [6.07, 6.45) is 2.34. The number of carbonyl (C=O) groups excluding carboxylic acids is 2. The predicted octanol–water partition coefficient (Wildman–Crippen LogP) is 5.30. The van der Waals surface area contributed by atoms with Gasteiger partial charge in [0.15, 0.2) is 0 Å². The minimum Gasteiger partial charge on any atom is -0.465 e. The number of fused-ring (bicyclic) bond motifs is 1. The first-order valence-electron chi connectivity index (χ1n) is 11.5. The van der Waals surface area contributed by atoms with Crippen LogP contribution in [0.15, 0.2) is 72.8 Å². The zero-order valence-electron chi connectivity index (χ0n) is 19.5. The summed E-state index contributed by atoms with van der Waals surface area (Å²) in [5, 5.41) is 9.81. The number of unbranched alkanes of at least 4 members (excludes halogenated alkanes) is 1. The van der Waals surface area contributed by atoms with Crippen LogP contribution in [0.25, 0.3) is 11.3 Å². The van der Waals surface area contributed by atoms with Crippen molar-refractivity contribution in [3.63, 3.8) is 0 Å². The van der Waals surface area contributed by atoms with Crippen LogP contribution in [0.2, 0.25) is 0 Å². The second kappa shape index (κ2) is 10.8. The quantitative estimate of drug-likeness (QED) is 0.232. The molecular weight excluding hydrogens is 426 g/mol. The molecule has 1 amide bonds. The molecule has 3 N–H and O–H groups in total. The maximum atomic E-state index is 13.1. The fourth-order valence-corrected chi connectivity index (χ4v) is 3.93. The summed E-state index contributed by atoms with van der Waals surface area (Å²) < 4.78 is 4.81. The van der Waals surface area contributed by atoms with E-state index in [9.17, 15) is 9.59 Å². The Balaban J connectivity index is 1.67. The zero-order valence-corrected chi connectivity index (χ0v) is 19.5. The molecule has 0 fully saturated rings. The van der Waals surface area contributed by atoms with Crippen LogP contribution in [0.4, 0.5) is 11.4 Å². The van der Waals surface area contributed by atoms with Gasteiger partial charge in [0.1, 0.15) is 0 Å². The number of nitrogens with one attached hydrogen (secondary N) is 3. The van der Waals surface area contributed by atoms with Crippen LogP contribution in [0, 0.1) is 0 Å². The molecule has 0 aromatic heterocycles. The average molecular weight is 456 g/mol. The van der Waals surface area contributed by atoms with Crippen molar-refractivity contribution in [2.75, 3.05) is 24.3 Å². The largest absolute Gasteiger partial charge is 0.465 e. The summed E-state index contributed by atoms with van der Waals surface area (Å²) in [4.78, 5) is 25.0. The summed E-state index contributed by atoms with van der Waals surface area (Å²) in [5.41, 5.74) is 5.93. The number of hydrogen-bond donors (Lipinski definition) is 3. The van der Waals surface area contributed by atoms with Crippen LogP contribution >= 0.6 is 0 Å². The van der Waals surface area contributed by atoms with Gasteiger partial charge < -0.3 is 20.7 Å². The Morgan fingerprint density at radius 1 is 0.971 bits per heavy atom. The average Bonchev–Trinajstić information content (AvgIpc) is 3.20. The van der Waals surface area contributed by atoms with Gasteiger partial charge in [0.2, 0.25) is 0 Å². The van der Waals surface area contributed by atoms with Crippen molar-refractivity contribution >= 4 is 34.5 Å². The van der Waals surface area contributed by atoms with E-state index >= 15 is 0 Å². The molecule has 0 aliphatic carbocycles. The number of carbonyl (C=O) groups is 2. The lowest BCUT2D eigenvalue weighted by molar-refractivity contribution is -0.110. The molecule has 34 heavy (non-hydrogen) atoms. The van der Waals surface area contributed by atoms with Crippen LogP contribution in [0.3, 0.4) is 0 Å². The highest BCUT2D eigenvalue weighted by atomic mass is 16.5. The molecule has 6 heteroatoms. The molecule has 0 unspecified atom stereocenters. The van der Waals surface area contributed by atoms with E-state index in [1.54, 1.807) is 18.2 Å². The highest BCUT2D eigenvalue weighted by molar-refractivity contribution is 6.37. The smallest absolute Gasteiger partial charge is 0.337 e. The summed E-state index contributed by atoms with van der Waals surface area (Å²) in [6.45, 7) is 4.01. The predicted molar refractivity (Wildman–Crippen MR) is 136 cm³/mol. The third-order valence-electron chi connectivity index (χ3n) is 5.76. The van der Waals surface area contributed by atoms with Gasteiger partial charge in [0, 0.05) is 17.8 Å². The molecular formula is C28H29N3O3. The van der Waals surface area contributed by atoms with Gasteiger partial charge in [-0.15, -0.1) is 0 Å². The standard InChI is InChI=1S/C28H29N3O3/c1-3-4-16-29-18-19-10-13-22(14-11-19)30-26(20-8-6-5-7-9-20)25-23-15-12-21(28(33)34-2)17-24(23)31-27(25)32/h5-15,17,29-30H,3-4,16,18H2,1-2H3,(H,31,32)/b26-25-. The number of rotatable bonds is 9. The van der Waals surface area contributed by atoms with Crippen LogP contribution < -0.4 is 16.0 Å². The minimum atomic E-state index is -0.444. The fourth-order valence-electron chi connectivity index (χ4n) is 3.93. The van der Waals surface area contributed by atoms with Gasteiger partial charge >= 0.3 is 5.97 Å². The number of hydrogen-bond acceptors (Lipinski definition) is 5. The molecule has 1 heterocycles. The maximum absolute atomic E-state index is 13.1. The van der Waals surface area contributed by atoms with Crippen LogP contribution in [0.5, 0.6) is 0 Å². The molecule has 3 aromatic rings. The van der Waals surface area contributed by atoms with Crippen LogP contribution in [-0.4, -0.2) is 25.5 Å². The third-order valence-corrected chi connectivity index (χ3v) is 5.76. The van der Waals surface area contributed by atoms with Crippen molar-refractivity contribution < 1.29 is 14.3 Å². The topological polar surface area (TPSA) is 79.5 Å². The summed E-state index contributed by atoms with van der Waals surface area (Å²) in [6, 6.07) is 23.1. The highest BCUT2D eigenvalue weighted by Gasteiger charge is 2.29. The monoisotopic (exact) mass is 455 g/mol. The van der Waals surface area contributed by atoms with E-state index in [1.165, 1.54) is 19.1 Å². The molecule has 3 aromatic carbocycles. The number of methoxy groups -OCH3 is 1. The molecule has 1 aliphatic heterocycles. The van der Waals surface area contributed by atoms with Crippen molar-refractivity contribution in [2.45, 2.75) is 26.3 Å². The van der Waals surface area contributed by atoms with Gasteiger partial charge in [-0.1, -0.05) is 61.9 Å². The van der Waals surface area contributed by atoms with Gasteiger partial charge in [-0.05, 0) is 48.4 Å². The Hall–Kier alpha value is -3.90. The third kappa shape index (κ3) is 5.18. The minimum absolute atomic E-state index is 0.222. The first-order chi connectivity index (χ1) is 16.6. The molecule has 0 radical (unpaired) electrons. The van der Waals surface area contributed by atoms with Crippen molar-refractivity contribution in [1.82, 2.24) is 5.32 Å². The van der Waals surface area contributed by atoms with E-state index in [-0.39, 0.29) is 5.91 Å². The Morgan fingerprint density at radius 3 is 2.44 bits per heavy atom. The highest BCUT2D eigenvalue weighted by Crippen LogP contribution is 2.38. The van der Waals surface area contributed by atoms with E-state index in [1.807, 2.05) is 42.5 Å². The van der Waals surface area contributed by atoms with Crippen molar-refractivity contribution in [3.05, 3.63) is 95.1 Å². The van der Waals surface area contributed by atoms with E-state index in [0.29, 0.717) is 22.5 Å². The number of benzene rings is 3. The molecule has 0 atom stereocenters. The summed E-state index contributed by atoms with van der Waals surface area (Å²) >= 11 is 0. The van der Waals surface area contributed by atoms with Crippen molar-refractivity contribution in [1.29, 1.82) is 0 Å². The first kappa shape index (κ1) is 23.3. The summed E-state index contributed by atoms with van der Waals surface area (Å²) in [5.74, 6) is -0.666. The van der Waals surface area contributed by atoms with E-state index in [4.69, 9.17) is 4.74 Å². The lowest BCUT2D eigenvalue weighted by atomic mass is 9.99. The Morgan fingerprint density at radius 2 is 1.74 bits per heavy atom. The molecule has 0 spiro atoms. The number of ether oxygens (including phenoxy) is 1. The van der Waals surface area contributed by atoms with Crippen molar-refractivity contribution in [3.8, 4) is 0 Å². The molecule has 0 saturated carbocycles. The summed E-state index contributed by atoms with van der Waals surface area (Å²) in [7, 11) is 1.34. The number of anilines is 2. The van der Waals surface area contributed by atoms with Crippen LogP contribution in [0.1, 0.15) is 46.8 Å². The van der Waals surface area contributed by atoms with E-state index in [2.05, 4.69) is 35.0 Å². The van der Waals surface area contributed by atoms with E-state index in [0.717, 1.165) is 36.3 Å². The molecule has 1 aliphatic rings. The van der Waals surface area contributed by atoms with Gasteiger partial charge in [-0.3, -0.25) is 4.79 Å². The number of amides is 1. The second-order valence-corrected chi connectivity index (χ2v) is 8.17. The second-order valence-electron chi connectivity index (χ2n) is 8.17. The van der Waals surface area contributed by atoms with Crippen molar-refractivity contribution in [2.24, 2.45) is 0 Å². The number of esters is 1. The maximum Gasteiger partial charge on any atom is 0.337 e. The lowest BCUT2D eigenvalue weighted by Gasteiger charge is -2.15. The molecule has 4 rings (SSSR count). The van der Waals surface area contributed by atoms with Crippen LogP contribution in [-0.2, 0) is 16.1 Å². The van der Waals surface area contributed by atoms with Gasteiger partial charge in [-0.25, -0.2) is 4.79 Å². The first-order valence-corrected chi connectivity index (χ1v) is 11.5. The Labute approximate surface area is 200 Å². The Bertz CT molecular complexity index is 1200. The molecule has 6 nitrogen and oxygen atoms in total. The lowest BCUT2D eigenvalue weighted by Crippen LogP contribution is -2.14. The van der Waals surface area contributed by atoms with E-state index < -0.39 is 5.97 Å². The molecule has 0 saturated heterocycles. The molecule has 174 valence electrons. The normalized spacial score (nSPS) is 13.8. The SMILES string of the molecule is CCCCNCc1ccc(N/C(=C2\C(=O)Nc3cc(C(=O)OC)ccc32)c2ccccc2)cc1. The van der Waals surface area contributed by atoms with Gasteiger partial charge in [0.05, 0.1) is 29.6 Å².